The van der Waals surface area contributed by atoms with Gasteiger partial charge in [0, 0.05) is 37.7 Å². The van der Waals surface area contributed by atoms with E-state index in [1.807, 2.05) is 57.1 Å². The van der Waals surface area contributed by atoms with Crippen molar-refractivity contribution in [3.8, 4) is 0 Å². The Morgan fingerprint density at radius 3 is 2.27 bits per heavy atom. The molecule has 2 atom stereocenters. The second kappa shape index (κ2) is 8.54. The fourth-order valence-corrected chi connectivity index (χ4v) is 2.47. The molecule has 0 spiro atoms. The van der Waals surface area contributed by atoms with Crippen molar-refractivity contribution in [1.82, 2.24) is 5.48 Å². The molecule has 0 heterocycles. The van der Waals surface area contributed by atoms with Crippen LogP contribution in [0.1, 0.15) is 43.5 Å². The van der Waals surface area contributed by atoms with Gasteiger partial charge in [-0.3, -0.25) is 14.8 Å². The van der Waals surface area contributed by atoms with Crippen LogP contribution in [0.25, 0.3) is 0 Å². The maximum atomic E-state index is 12.4. The van der Waals surface area contributed by atoms with Crippen molar-refractivity contribution in [3.05, 3.63) is 29.8 Å². The molecule has 0 radical (unpaired) electrons. The standard InChI is InChI=1S/C17H26N2O3/c1-12(5-10-16(20)18-22)11-13(2)17(21)14-6-8-15(9-7-14)19(3)4/h6-9,12-13,22H,5,10-11H2,1-4H3,(H,18,20)/t12?,13-/m1/s1. The average molecular weight is 306 g/mol. The van der Waals surface area contributed by atoms with Gasteiger partial charge in [0.2, 0.25) is 5.91 Å². The second-order valence-corrected chi connectivity index (χ2v) is 6.12. The number of ketones is 1. The lowest BCUT2D eigenvalue weighted by Gasteiger charge is -2.17. The molecule has 1 amide bonds. The molecule has 5 heteroatoms. The van der Waals surface area contributed by atoms with E-state index < -0.39 is 0 Å². The minimum absolute atomic E-state index is 0.0857. The summed E-state index contributed by atoms with van der Waals surface area (Å²) in [4.78, 5) is 25.4. The maximum absolute atomic E-state index is 12.4. The van der Waals surface area contributed by atoms with E-state index in [9.17, 15) is 9.59 Å². The highest BCUT2D eigenvalue weighted by Gasteiger charge is 2.18. The second-order valence-electron chi connectivity index (χ2n) is 6.12. The van der Waals surface area contributed by atoms with Gasteiger partial charge in [-0.25, -0.2) is 5.48 Å². The molecular weight excluding hydrogens is 280 g/mol. The van der Waals surface area contributed by atoms with Crippen LogP contribution < -0.4 is 10.4 Å². The fraction of sp³-hybridized carbons (Fsp3) is 0.529. The first-order valence-corrected chi connectivity index (χ1v) is 7.59. The highest BCUT2D eigenvalue weighted by atomic mass is 16.5. The van der Waals surface area contributed by atoms with Gasteiger partial charge in [0.05, 0.1) is 0 Å². The predicted molar refractivity (Wildman–Crippen MR) is 87.2 cm³/mol. The van der Waals surface area contributed by atoms with E-state index in [0.29, 0.717) is 6.42 Å². The van der Waals surface area contributed by atoms with Crippen LogP contribution in [0.4, 0.5) is 5.69 Å². The van der Waals surface area contributed by atoms with E-state index in [-0.39, 0.29) is 29.9 Å². The number of benzene rings is 1. The first-order chi connectivity index (χ1) is 10.3. The molecule has 1 aromatic carbocycles. The van der Waals surface area contributed by atoms with E-state index in [2.05, 4.69) is 0 Å². The van der Waals surface area contributed by atoms with Crippen LogP contribution in [0, 0.1) is 11.8 Å². The third-order valence-corrected chi connectivity index (χ3v) is 3.86. The number of nitrogens with zero attached hydrogens (tertiary/aromatic N) is 1. The Balaban J connectivity index is 2.55. The highest BCUT2D eigenvalue weighted by Crippen LogP contribution is 2.21. The monoisotopic (exact) mass is 306 g/mol. The SMILES string of the molecule is CC(CCC(=O)NO)C[C@@H](C)C(=O)c1ccc(N(C)C)cc1. The molecule has 5 nitrogen and oxygen atoms in total. The first kappa shape index (κ1) is 18.2. The molecule has 0 saturated heterocycles. The Bertz CT molecular complexity index is 497. The summed E-state index contributed by atoms with van der Waals surface area (Å²) in [5, 5.41) is 8.47. The van der Waals surface area contributed by atoms with E-state index in [1.54, 1.807) is 5.48 Å². The summed E-state index contributed by atoms with van der Waals surface area (Å²) in [6.07, 6.45) is 1.66. The summed E-state index contributed by atoms with van der Waals surface area (Å²) >= 11 is 0. The molecule has 0 aliphatic heterocycles. The molecular formula is C17H26N2O3. The minimum Gasteiger partial charge on any atom is -0.378 e. The van der Waals surface area contributed by atoms with E-state index in [4.69, 9.17) is 5.21 Å². The van der Waals surface area contributed by atoms with Crippen molar-refractivity contribution in [2.75, 3.05) is 19.0 Å². The van der Waals surface area contributed by atoms with Gasteiger partial charge < -0.3 is 4.90 Å². The number of carbonyl (C=O) groups is 2. The van der Waals surface area contributed by atoms with Gasteiger partial charge in [-0.1, -0.05) is 13.8 Å². The van der Waals surface area contributed by atoms with Crippen molar-refractivity contribution >= 4 is 17.4 Å². The van der Waals surface area contributed by atoms with Crippen molar-refractivity contribution in [2.24, 2.45) is 11.8 Å². The number of hydrogen-bond acceptors (Lipinski definition) is 4. The average Bonchev–Trinajstić information content (AvgIpc) is 2.51. The van der Waals surface area contributed by atoms with Crippen LogP contribution in [0.5, 0.6) is 0 Å². The number of rotatable bonds is 8. The molecule has 22 heavy (non-hydrogen) atoms. The number of amides is 1. The minimum atomic E-state index is -0.384. The Hall–Kier alpha value is -1.88. The largest absolute Gasteiger partial charge is 0.378 e. The molecule has 122 valence electrons. The normalized spacial score (nSPS) is 13.3. The lowest BCUT2D eigenvalue weighted by Crippen LogP contribution is -2.20. The number of nitrogens with one attached hydrogen (secondary N) is 1. The molecule has 1 aromatic rings. The summed E-state index contributed by atoms with van der Waals surface area (Å²) in [5.41, 5.74) is 3.41. The summed E-state index contributed by atoms with van der Waals surface area (Å²) in [6.45, 7) is 3.94. The molecule has 1 rings (SSSR count). The van der Waals surface area contributed by atoms with Crippen LogP contribution in [-0.2, 0) is 4.79 Å². The Morgan fingerprint density at radius 2 is 1.77 bits per heavy atom. The Labute approximate surface area is 132 Å². The zero-order valence-corrected chi connectivity index (χ0v) is 13.8. The van der Waals surface area contributed by atoms with Crippen molar-refractivity contribution in [3.63, 3.8) is 0 Å². The van der Waals surface area contributed by atoms with Gasteiger partial charge in [0.1, 0.15) is 0 Å². The number of anilines is 1. The smallest absolute Gasteiger partial charge is 0.243 e. The van der Waals surface area contributed by atoms with Crippen LogP contribution in [0.15, 0.2) is 24.3 Å². The van der Waals surface area contributed by atoms with Gasteiger partial charge in [0.15, 0.2) is 5.78 Å². The molecule has 1 unspecified atom stereocenters. The van der Waals surface area contributed by atoms with Gasteiger partial charge in [-0.2, -0.15) is 0 Å². The molecule has 0 aromatic heterocycles. The molecule has 0 saturated carbocycles. The van der Waals surface area contributed by atoms with Crippen LogP contribution in [0.2, 0.25) is 0 Å². The Kier molecular flexibility index (Phi) is 7.05. The highest BCUT2D eigenvalue weighted by molar-refractivity contribution is 5.97. The summed E-state index contributed by atoms with van der Waals surface area (Å²) in [6, 6.07) is 7.60. The van der Waals surface area contributed by atoms with Gasteiger partial charge in [-0.05, 0) is 43.0 Å². The van der Waals surface area contributed by atoms with E-state index in [1.165, 1.54) is 0 Å². The molecule has 0 aliphatic rings. The first-order valence-electron chi connectivity index (χ1n) is 7.59. The number of Topliss-reactive ketones (excluding diaryl/α,β-unsaturated/α-hetero) is 1. The van der Waals surface area contributed by atoms with Crippen LogP contribution >= 0.6 is 0 Å². The van der Waals surface area contributed by atoms with Crippen molar-refractivity contribution in [1.29, 1.82) is 0 Å². The predicted octanol–water partition coefficient (Wildman–Crippen LogP) is 2.88. The van der Waals surface area contributed by atoms with E-state index in [0.717, 1.165) is 17.7 Å². The Morgan fingerprint density at radius 1 is 1.18 bits per heavy atom. The van der Waals surface area contributed by atoms with Crippen molar-refractivity contribution < 1.29 is 14.8 Å². The van der Waals surface area contributed by atoms with Gasteiger partial charge in [-0.15, -0.1) is 0 Å². The summed E-state index contributed by atoms with van der Waals surface area (Å²) < 4.78 is 0. The molecule has 2 N–H and O–H groups in total. The molecule has 0 aliphatic carbocycles. The third-order valence-electron chi connectivity index (χ3n) is 3.86. The molecule has 0 fully saturated rings. The fourth-order valence-electron chi connectivity index (χ4n) is 2.47. The topological polar surface area (TPSA) is 69.6 Å². The maximum Gasteiger partial charge on any atom is 0.243 e. The van der Waals surface area contributed by atoms with Crippen LogP contribution in [-0.4, -0.2) is 31.0 Å². The summed E-state index contributed by atoms with van der Waals surface area (Å²) in [7, 11) is 3.92. The lowest BCUT2D eigenvalue weighted by molar-refractivity contribution is -0.129. The van der Waals surface area contributed by atoms with Crippen LogP contribution in [0.3, 0.4) is 0 Å². The number of carbonyl (C=O) groups excluding carboxylic acids is 2. The quantitative estimate of drug-likeness (QED) is 0.440. The lowest BCUT2D eigenvalue weighted by atomic mass is 9.88. The zero-order chi connectivity index (χ0) is 16.7. The molecule has 0 bridgehead atoms. The van der Waals surface area contributed by atoms with Crippen molar-refractivity contribution in [2.45, 2.75) is 33.1 Å². The summed E-state index contributed by atoms with van der Waals surface area (Å²) in [5.74, 6) is -0.0939. The third kappa shape index (κ3) is 5.48. The van der Waals surface area contributed by atoms with Gasteiger partial charge in [0.25, 0.3) is 0 Å². The van der Waals surface area contributed by atoms with Gasteiger partial charge >= 0.3 is 0 Å². The van der Waals surface area contributed by atoms with E-state index >= 15 is 0 Å². The number of hydroxylamine groups is 1. The zero-order valence-electron chi connectivity index (χ0n) is 13.8. The number of hydrogen-bond donors (Lipinski definition) is 2.